The van der Waals surface area contributed by atoms with Crippen LogP contribution in [0.4, 0.5) is 32.0 Å². The van der Waals surface area contributed by atoms with Crippen molar-refractivity contribution in [1.29, 1.82) is 0 Å². The van der Waals surface area contributed by atoms with Gasteiger partial charge in [0.25, 0.3) is 0 Å². The van der Waals surface area contributed by atoms with Crippen molar-refractivity contribution in [2.24, 2.45) is 11.3 Å². The summed E-state index contributed by atoms with van der Waals surface area (Å²) in [7, 11) is 0. The van der Waals surface area contributed by atoms with E-state index in [9.17, 15) is 35.9 Å². The molecule has 0 aliphatic carbocycles. The summed E-state index contributed by atoms with van der Waals surface area (Å²) in [6.45, 7) is 6.56. The van der Waals surface area contributed by atoms with Gasteiger partial charge in [-0.1, -0.05) is 20.8 Å². The van der Waals surface area contributed by atoms with Gasteiger partial charge < -0.3 is 10.2 Å². The van der Waals surface area contributed by atoms with Crippen molar-refractivity contribution in [3.05, 3.63) is 29.3 Å². The summed E-state index contributed by atoms with van der Waals surface area (Å²) in [4.78, 5) is 26.5. The molecule has 1 heterocycles. The standard InChI is InChI=1S/C21H26F6N2O2/c1-4-19(2,3)18(31)29-7-5-13(6-8-29)9-17(30)28-16-11-14(20(22,23)24)10-15(12-16)21(25,26)27/h10-13H,4-9H2,1-3H3,(H,28,30). The Morgan fingerprint density at radius 2 is 1.45 bits per heavy atom. The van der Waals surface area contributed by atoms with Crippen molar-refractivity contribution >= 4 is 17.5 Å². The van der Waals surface area contributed by atoms with Crippen LogP contribution in [0.1, 0.15) is 57.6 Å². The van der Waals surface area contributed by atoms with E-state index in [0.29, 0.717) is 44.5 Å². The zero-order chi connectivity index (χ0) is 23.6. The maximum atomic E-state index is 12.9. The largest absolute Gasteiger partial charge is 0.416 e. The maximum absolute atomic E-state index is 12.9. The summed E-state index contributed by atoms with van der Waals surface area (Å²) >= 11 is 0. The first-order valence-corrected chi connectivity index (χ1v) is 10.0. The average Bonchev–Trinajstić information content (AvgIpc) is 2.66. The lowest BCUT2D eigenvalue weighted by atomic mass is 9.86. The number of amides is 2. The predicted molar refractivity (Wildman–Crippen MR) is 103 cm³/mol. The first-order chi connectivity index (χ1) is 14.1. The predicted octanol–water partition coefficient (Wildman–Crippen LogP) is 5.73. The molecule has 31 heavy (non-hydrogen) atoms. The number of benzene rings is 1. The Hall–Kier alpha value is -2.26. The third kappa shape index (κ3) is 6.61. The number of halogens is 6. The molecule has 0 unspecified atom stereocenters. The van der Waals surface area contributed by atoms with Gasteiger partial charge in [-0.25, -0.2) is 0 Å². The second kappa shape index (κ2) is 9.08. The molecule has 0 radical (unpaired) electrons. The highest BCUT2D eigenvalue weighted by molar-refractivity contribution is 5.91. The first kappa shape index (κ1) is 25.0. The van der Waals surface area contributed by atoms with E-state index < -0.39 is 40.5 Å². The lowest BCUT2D eigenvalue weighted by molar-refractivity contribution is -0.143. The monoisotopic (exact) mass is 452 g/mol. The third-order valence-corrected chi connectivity index (χ3v) is 5.71. The summed E-state index contributed by atoms with van der Waals surface area (Å²) in [6, 6.07) is 0.989. The number of rotatable bonds is 5. The molecule has 4 nitrogen and oxygen atoms in total. The second-order valence-corrected chi connectivity index (χ2v) is 8.52. The molecule has 10 heteroatoms. The molecular formula is C21H26F6N2O2. The Kier molecular flexibility index (Phi) is 7.32. The fraction of sp³-hybridized carbons (Fsp3) is 0.619. The Morgan fingerprint density at radius 1 is 0.968 bits per heavy atom. The molecule has 1 aromatic carbocycles. The first-order valence-electron chi connectivity index (χ1n) is 10.0. The molecule has 1 N–H and O–H groups in total. The lowest BCUT2D eigenvalue weighted by Crippen LogP contribution is -2.45. The van der Waals surface area contributed by atoms with Gasteiger partial charge >= 0.3 is 12.4 Å². The van der Waals surface area contributed by atoms with Crippen LogP contribution in [0.25, 0.3) is 0 Å². The molecule has 0 aromatic heterocycles. The van der Waals surface area contributed by atoms with Gasteiger partial charge in [0, 0.05) is 30.6 Å². The van der Waals surface area contributed by atoms with Gasteiger partial charge in [-0.05, 0) is 43.4 Å². The minimum atomic E-state index is -4.98. The van der Waals surface area contributed by atoms with E-state index in [0.717, 1.165) is 0 Å². The zero-order valence-corrected chi connectivity index (χ0v) is 17.6. The van der Waals surface area contributed by atoms with Crippen molar-refractivity contribution in [3.8, 4) is 0 Å². The summed E-state index contributed by atoms with van der Waals surface area (Å²) < 4.78 is 77.7. The number of nitrogens with zero attached hydrogens (tertiary/aromatic N) is 1. The molecule has 1 aliphatic rings. The fourth-order valence-corrected chi connectivity index (χ4v) is 3.42. The van der Waals surface area contributed by atoms with E-state index in [2.05, 4.69) is 5.32 Å². The second-order valence-electron chi connectivity index (χ2n) is 8.52. The van der Waals surface area contributed by atoms with Crippen LogP contribution >= 0.6 is 0 Å². The molecular weight excluding hydrogens is 426 g/mol. The van der Waals surface area contributed by atoms with Crippen molar-refractivity contribution in [1.82, 2.24) is 4.90 Å². The van der Waals surface area contributed by atoms with E-state index in [1.807, 2.05) is 20.8 Å². The van der Waals surface area contributed by atoms with Crippen LogP contribution in [0.15, 0.2) is 18.2 Å². The van der Waals surface area contributed by atoms with Crippen LogP contribution < -0.4 is 5.32 Å². The molecule has 1 aliphatic heterocycles. The number of anilines is 1. The van der Waals surface area contributed by atoms with E-state index in [1.54, 1.807) is 4.90 Å². The molecule has 0 saturated carbocycles. The molecule has 1 fully saturated rings. The zero-order valence-electron chi connectivity index (χ0n) is 17.6. The van der Waals surface area contributed by atoms with Crippen LogP contribution in [0.2, 0.25) is 0 Å². The van der Waals surface area contributed by atoms with Crippen molar-refractivity contribution in [2.75, 3.05) is 18.4 Å². The Balaban J connectivity index is 2.02. The number of carbonyl (C=O) groups excluding carboxylic acids is 2. The molecule has 1 aromatic rings. The average molecular weight is 452 g/mol. The van der Waals surface area contributed by atoms with Crippen LogP contribution in [-0.4, -0.2) is 29.8 Å². The normalized spacial score (nSPS) is 16.4. The molecule has 174 valence electrons. The maximum Gasteiger partial charge on any atom is 0.416 e. The van der Waals surface area contributed by atoms with Gasteiger partial charge in [0.1, 0.15) is 0 Å². The summed E-state index contributed by atoms with van der Waals surface area (Å²) in [5.74, 6) is -0.741. The molecule has 2 amide bonds. The topological polar surface area (TPSA) is 49.4 Å². The fourth-order valence-electron chi connectivity index (χ4n) is 3.42. The number of hydrogen-bond acceptors (Lipinski definition) is 2. The number of piperidine rings is 1. The smallest absolute Gasteiger partial charge is 0.342 e. The number of alkyl halides is 6. The number of nitrogens with one attached hydrogen (secondary N) is 1. The molecule has 0 bridgehead atoms. The highest BCUT2D eigenvalue weighted by Gasteiger charge is 2.37. The lowest BCUT2D eigenvalue weighted by Gasteiger charge is -2.36. The molecule has 2 rings (SSSR count). The van der Waals surface area contributed by atoms with Gasteiger partial charge in [-0.3, -0.25) is 9.59 Å². The number of hydrogen-bond donors (Lipinski definition) is 1. The summed E-state index contributed by atoms with van der Waals surface area (Å²) in [5, 5.41) is 2.16. The van der Waals surface area contributed by atoms with Gasteiger partial charge in [0.2, 0.25) is 11.8 Å². The Labute approximate surface area is 177 Å². The third-order valence-electron chi connectivity index (χ3n) is 5.71. The number of likely N-dealkylation sites (tertiary alicyclic amines) is 1. The number of carbonyl (C=O) groups is 2. The van der Waals surface area contributed by atoms with Crippen LogP contribution in [0.5, 0.6) is 0 Å². The van der Waals surface area contributed by atoms with Crippen molar-refractivity contribution in [3.63, 3.8) is 0 Å². The minimum absolute atomic E-state index is 0.0141. The van der Waals surface area contributed by atoms with Crippen LogP contribution in [-0.2, 0) is 21.9 Å². The van der Waals surface area contributed by atoms with Gasteiger partial charge in [0.05, 0.1) is 11.1 Å². The van der Waals surface area contributed by atoms with Crippen molar-refractivity contribution in [2.45, 2.75) is 58.8 Å². The highest BCUT2D eigenvalue weighted by Crippen LogP contribution is 2.37. The van der Waals surface area contributed by atoms with E-state index in [1.165, 1.54) is 0 Å². The molecule has 1 saturated heterocycles. The Bertz CT molecular complexity index is 777. The molecule has 0 atom stereocenters. The SMILES string of the molecule is CCC(C)(C)C(=O)N1CCC(CC(=O)Nc2cc(C(F)(F)F)cc(C(F)(F)F)c2)CC1. The summed E-state index contributed by atoms with van der Waals surface area (Å²) in [5.41, 5.74) is -4.00. The minimum Gasteiger partial charge on any atom is -0.342 e. The van der Waals surface area contributed by atoms with E-state index in [4.69, 9.17) is 0 Å². The van der Waals surface area contributed by atoms with Crippen LogP contribution in [0, 0.1) is 11.3 Å². The highest BCUT2D eigenvalue weighted by atomic mass is 19.4. The van der Waals surface area contributed by atoms with Crippen LogP contribution in [0.3, 0.4) is 0 Å². The van der Waals surface area contributed by atoms with Gasteiger partial charge in [-0.15, -0.1) is 0 Å². The Morgan fingerprint density at radius 3 is 1.87 bits per heavy atom. The molecule has 0 spiro atoms. The quantitative estimate of drug-likeness (QED) is 0.581. The van der Waals surface area contributed by atoms with Gasteiger partial charge in [0.15, 0.2) is 0 Å². The van der Waals surface area contributed by atoms with E-state index in [-0.39, 0.29) is 24.3 Å². The summed E-state index contributed by atoms with van der Waals surface area (Å²) in [6.07, 6.45) is -8.24. The van der Waals surface area contributed by atoms with Gasteiger partial charge in [-0.2, -0.15) is 26.3 Å². The van der Waals surface area contributed by atoms with E-state index >= 15 is 0 Å². The van der Waals surface area contributed by atoms with Crippen molar-refractivity contribution < 1.29 is 35.9 Å².